The number of aryl methyl sites for hydroxylation is 2. The molecule has 0 unspecified atom stereocenters. The van der Waals surface area contributed by atoms with Gasteiger partial charge in [-0.15, -0.1) is 0 Å². The van der Waals surface area contributed by atoms with Crippen LogP contribution in [0, 0.1) is 19.8 Å². The second kappa shape index (κ2) is 8.24. The molecule has 28 heavy (non-hydrogen) atoms. The van der Waals surface area contributed by atoms with Crippen molar-refractivity contribution in [1.29, 1.82) is 0 Å². The summed E-state index contributed by atoms with van der Waals surface area (Å²) in [6.45, 7) is 3.81. The predicted octanol–water partition coefficient (Wildman–Crippen LogP) is 4.72. The van der Waals surface area contributed by atoms with E-state index in [0.29, 0.717) is 29.9 Å². The minimum absolute atomic E-state index is 0.0403. The van der Waals surface area contributed by atoms with E-state index in [1.165, 1.54) is 0 Å². The summed E-state index contributed by atoms with van der Waals surface area (Å²) in [5.74, 6) is -0.555. The van der Waals surface area contributed by atoms with Crippen LogP contribution in [0.3, 0.4) is 0 Å². The molecule has 0 atom stereocenters. The standard InChI is InChI=1S/C20H23F3N2O3/c1-12-17(13(2)28-25-12)11-27-18-6-4-3-5-16(18)19(26)24-15-9-7-14(8-10-15)20(21,22)23/h3-6,14-15H,7-11H2,1-2H3,(H,24,26). The van der Waals surface area contributed by atoms with Gasteiger partial charge in [0.2, 0.25) is 0 Å². The van der Waals surface area contributed by atoms with E-state index in [4.69, 9.17) is 9.26 Å². The Labute approximate surface area is 161 Å². The van der Waals surface area contributed by atoms with Crippen molar-refractivity contribution >= 4 is 5.91 Å². The van der Waals surface area contributed by atoms with E-state index in [-0.39, 0.29) is 31.4 Å². The summed E-state index contributed by atoms with van der Waals surface area (Å²) >= 11 is 0. The van der Waals surface area contributed by atoms with Crippen LogP contribution in [-0.4, -0.2) is 23.3 Å². The lowest BCUT2D eigenvalue weighted by Crippen LogP contribution is -2.40. The zero-order valence-corrected chi connectivity index (χ0v) is 15.8. The Morgan fingerprint density at radius 3 is 2.50 bits per heavy atom. The summed E-state index contributed by atoms with van der Waals surface area (Å²) in [4.78, 5) is 12.7. The molecule has 1 fully saturated rings. The van der Waals surface area contributed by atoms with Crippen LogP contribution in [0.25, 0.3) is 0 Å². The van der Waals surface area contributed by atoms with Crippen molar-refractivity contribution in [3.8, 4) is 5.75 Å². The highest BCUT2D eigenvalue weighted by Crippen LogP contribution is 2.37. The first-order chi connectivity index (χ1) is 13.3. The van der Waals surface area contributed by atoms with Gasteiger partial charge in [0.05, 0.1) is 22.7 Å². The van der Waals surface area contributed by atoms with E-state index in [1.807, 2.05) is 6.92 Å². The number of carbonyl (C=O) groups is 1. The Balaban J connectivity index is 1.62. The van der Waals surface area contributed by atoms with Crippen molar-refractivity contribution in [2.75, 3.05) is 0 Å². The molecule has 0 bridgehead atoms. The van der Waals surface area contributed by atoms with Gasteiger partial charge in [-0.05, 0) is 51.7 Å². The molecule has 1 aliphatic rings. The lowest BCUT2D eigenvalue weighted by molar-refractivity contribution is -0.182. The number of alkyl halides is 3. The molecule has 3 rings (SSSR count). The maximum Gasteiger partial charge on any atom is 0.391 e. The number of rotatable bonds is 5. The minimum atomic E-state index is -4.16. The summed E-state index contributed by atoms with van der Waals surface area (Å²) in [5.41, 5.74) is 1.90. The van der Waals surface area contributed by atoms with Gasteiger partial charge >= 0.3 is 6.18 Å². The summed E-state index contributed by atoms with van der Waals surface area (Å²) < 4.78 is 49.3. The van der Waals surface area contributed by atoms with Crippen LogP contribution in [0.2, 0.25) is 0 Å². The third kappa shape index (κ3) is 4.66. The number of nitrogens with zero attached hydrogens (tertiary/aromatic N) is 1. The third-order valence-electron chi connectivity index (χ3n) is 5.21. The van der Waals surface area contributed by atoms with Crippen LogP contribution in [0.1, 0.15) is 53.1 Å². The average Bonchev–Trinajstić information content (AvgIpc) is 2.98. The highest BCUT2D eigenvalue weighted by molar-refractivity contribution is 5.97. The predicted molar refractivity (Wildman–Crippen MR) is 96.0 cm³/mol. The van der Waals surface area contributed by atoms with E-state index >= 15 is 0 Å². The van der Waals surface area contributed by atoms with Gasteiger partial charge in [0, 0.05) is 6.04 Å². The number of para-hydroxylation sites is 1. The van der Waals surface area contributed by atoms with Crippen LogP contribution >= 0.6 is 0 Å². The summed E-state index contributed by atoms with van der Waals surface area (Å²) in [7, 11) is 0. The van der Waals surface area contributed by atoms with E-state index in [9.17, 15) is 18.0 Å². The number of benzene rings is 1. The number of ether oxygens (including phenoxy) is 1. The van der Waals surface area contributed by atoms with Gasteiger partial charge in [0.1, 0.15) is 18.1 Å². The summed E-state index contributed by atoms with van der Waals surface area (Å²) in [6.07, 6.45) is -3.44. The molecule has 0 radical (unpaired) electrons. The van der Waals surface area contributed by atoms with Gasteiger partial charge in [0.25, 0.3) is 5.91 Å². The van der Waals surface area contributed by atoms with Crippen molar-refractivity contribution in [2.45, 2.75) is 58.4 Å². The number of amides is 1. The number of carbonyl (C=O) groups excluding carboxylic acids is 1. The highest BCUT2D eigenvalue weighted by atomic mass is 19.4. The van der Waals surface area contributed by atoms with E-state index in [2.05, 4.69) is 10.5 Å². The molecule has 5 nitrogen and oxygen atoms in total. The number of aromatic nitrogens is 1. The topological polar surface area (TPSA) is 64.4 Å². The number of hydrogen-bond donors (Lipinski definition) is 1. The molecule has 2 aromatic rings. The van der Waals surface area contributed by atoms with Gasteiger partial charge < -0.3 is 14.6 Å². The number of nitrogens with one attached hydrogen (secondary N) is 1. The van der Waals surface area contributed by atoms with Crippen LogP contribution in [-0.2, 0) is 6.61 Å². The minimum Gasteiger partial charge on any atom is -0.488 e. The molecular formula is C20H23F3N2O3. The van der Waals surface area contributed by atoms with Gasteiger partial charge in [0.15, 0.2) is 0 Å². The van der Waals surface area contributed by atoms with E-state index in [0.717, 1.165) is 11.3 Å². The average molecular weight is 396 g/mol. The second-order valence-corrected chi connectivity index (χ2v) is 7.15. The SMILES string of the molecule is Cc1noc(C)c1COc1ccccc1C(=O)NC1CCC(C(F)(F)F)CC1. The van der Waals surface area contributed by atoms with Gasteiger partial charge in [-0.3, -0.25) is 4.79 Å². The fourth-order valence-electron chi connectivity index (χ4n) is 3.47. The molecule has 0 saturated heterocycles. The molecule has 1 aromatic heterocycles. The third-order valence-corrected chi connectivity index (χ3v) is 5.21. The zero-order chi connectivity index (χ0) is 20.3. The highest BCUT2D eigenvalue weighted by Gasteiger charge is 2.41. The quantitative estimate of drug-likeness (QED) is 0.794. The fourth-order valence-corrected chi connectivity index (χ4v) is 3.47. The Kier molecular flexibility index (Phi) is 5.96. The van der Waals surface area contributed by atoms with Gasteiger partial charge in [-0.25, -0.2) is 0 Å². The molecule has 1 aliphatic carbocycles. The first-order valence-electron chi connectivity index (χ1n) is 9.27. The van der Waals surface area contributed by atoms with Gasteiger partial charge in [-0.1, -0.05) is 17.3 Å². The summed E-state index contributed by atoms with van der Waals surface area (Å²) in [5, 5.41) is 6.72. The Morgan fingerprint density at radius 2 is 1.89 bits per heavy atom. The van der Waals surface area contributed by atoms with Crippen molar-refractivity contribution in [1.82, 2.24) is 10.5 Å². The lowest BCUT2D eigenvalue weighted by atomic mass is 9.85. The zero-order valence-electron chi connectivity index (χ0n) is 15.8. The summed E-state index contributed by atoms with van der Waals surface area (Å²) in [6, 6.07) is 6.54. The molecule has 1 amide bonds. The first kappa shape index (κ1) is 20.2. The first-order valence-corrected chi connectivity index (χ1v) is 9.27. The normalized spacial score (nSPS) is 20.0. The number of hydrogen-bond acceptors (Lipinski definition) is 4. The monoisotopic (exact) mass is 396 g/mol. The van der Waals surface area contributed by atoms with E-state index < -0.39 is 12.1 Å². The Morgan fingerprint density at radius 1 is 1.21 bits per heavy atom. The van der Waals surface area contributed by atoms with Crippen molar-refractivity contribution in [2.24, 2.45) is 5.92 Å². The smallest absolute Gasteiger partial charge is 0.391 e. The largest absolute Gasteiger partial charge is 0.488 e. The molecular weight excluding hydrogens is 373 g/mol. The molecule has 1 saturated carbocycles. The van der Waals surface area contributed by atoms with Crippen LogP contribution in [0.5, 0.6) is 5.75 Å². The van der Waals surface area contributed by atoms with Crippen LogP contribution in [0.4, 0.5) is 13.2 Å². The molecule has 1 N–H and O–H groups in total. The Bertz CT molecular complexity index is 805. The van der Waals surface area contributed by atoms with Crippen molar-refractivity contribution < 1.29 is 27.2 Å². The van der Waals surface area contributed by atoms with Crippen molar-refractivity contribution in [3.63, 3.8) is 0 Å². The maximum absolute atomic E-state index is 12.8. The molecule has 1 aromatic carbocycles. The molecule has 152 valence electrons. The molecule has 0 aliphatic heterocycles. The number of halogens is 3. The fraction of sp³-hybridized carbons (Fsp3) is 0.500. The molecule has 8 heteroatoms. The Hall–Kier alpha value is -2.51. The van der Waals surface area contributed by atoms with E-state index in [1.54, 1.807) is 31.2 Å². The van der Waals surface area contributed by atoms with Crippen molar-refractivity contribution in [3.05, 3.63) is 46.8 Å². The van der Waals surface area contributed by atoms with Crippen LogP contribution < -0.4 is 10.1 Å². The lowest BCUT2D eigenvalue weighted by Gasteiger charge is -2.30. The van der Waals surface area contributed by atoms with Gasteiger partial charge in [-0.2, -0.15) is 13.2 Å². The van der Waals surface area contributed by atoms with Crippen LogP contribution in [0.15, 0.2) is 28.8 Å². The molecule has 0 spiro atoms. The maximum atomic E-state index is 12.8. The second-order valence-electron chi connectivity index (χ2n) is 7.15. The molecule has 1 heterocycles.